The van der Waals surface area contributed by atoms with Crippen molar-refractivity contribution in [2.75, 3.05) is 6.61 Å². The molecule has 4 heteroatoms. The van der Waals surface area contributed by atoms with E-state index in [1.807, 2.05) is 48.5 Å². The average molecular weight is 377 g/mol. The third kappa shape index (κ3) is 6.92. The third-order valence-electron chi connectivity index (χ3n) is 4.42. The fraction of sp³-hybridized carbons (Fsp3) is 0.333. The number of benzene rings is 2. The van der Waals surface area contributed by atoms with Crippen molar-refractivity contribution in [1.29, 1.82) is 5.26 Å². The molecule has 0 aliphatic heterocycles. The Morgan fingerprint density at radius 2 is 1.75 bits per heavy atom. The van der Waals surface area contributed by atoms with Gasteiger partial charge in [0.25, 0.3) is 0 Å². The van der Waals surface area contributed by atoms with Crippen molar-refractivity contribution in [3.63, 3.8) is 0 Å². The topological polar surface area (TPSA) is 59.3 Å². The highest BCUT2D eigenvalue weighted by Crippen LogP contribution is 2.24. The second-order valence-corrected chi connectivity index (χ2v) is 6.61. The minimum absolute atomic E-state index is 0.0167. The zero-order valence-corrected chi connectivity index (χ0v) is 16.4. The van der Waals surface area contributed by atoms with Crippen LogP contribution in [0, 0.1) is 11.3 Å². The number of carbonyl (C=O) groups excluding carboxylic acids is 1. The SMILES string of the molecule is C=CCOC(=O)CCC(CCCC)Oc1ccc(-c2ccc(C#N)cc2)cc1. The summed E-state index contributed by atoms with van der Waals surface area (Å²) in [6.45, 7) is 5.93. The Labute approximate surface area is 167 Å². The van der Waals surface area contributed by atoms with E-state index in [1.54, 1.807) is 6.08 Å². The summed E-state index contributed by atoms with van der Waals surface area (Å²) in [5.74, 6) is 0.569. The van der Waals surface area contributed by atoms with E-state index >= 15 is 0 Å². The van der Waals surface area contributed by atoms with Gasteiger partial charge in [0.15, 0.2) is 0 Å². The van der Waals surface area contributed by atoms with Crippen molar-refractivity contribution < 1.29 is 14.3 Å². The van der Waals surface area contributed by atoms with Crippen molar-refractivity contribution in [3.8, 4) is 22.9 Å². The van der Waals surface area contributed by atoms with Crippen LogP contribution in [0.2, 0.25) is 0 Å². The fourth-order valence-electron chi connectivity index (χ4n) is 2.85. The number of unbranched alkanes of at least 4 members (excludes halogenated alkanes) is 1. The quantitative estimate of drug-likeness (QED) is 0.374. The van der Waals surface area contributed by atoms with E-state index < -0.39 is 0 Å². The van der Waals surface area contributed by atoms with Crippen molar-refractivity contribution in [2.45, 2.75) is 45.1 Å². The highest BCUT2D eigenvalue weighted by atomic mass is 16.5. The van der Waals surface area contributed by atoms with Crippen LogP contribution >= 0.6 is 0 Å². The molecule has 0 aliphatic carbocycles. The molecule has 0 aromatic heterocycles. The zero-order valence-electron chi connectivity index (χ0n) is 16.4. The number of nitriles is 1. The summed E-state index contributed by atoms with van der Waals surface area (Å²) in [6, 6.07) is 17.5. The lowest BCUT2D eigenvalue weighted by Gasteiger charge is -2.19. The molecule has 0 fully saturated rings. The predicted octanol–water partition coefficient (Wildman–Crippen LogP) is 5.67. The molecular weight excluding hydrogens is 350 g/mol. The Hall–Kier alpha value is -3.06. The van der Waals surface area contributed by atoms with Gasteiger partial charge in [-0.3, -0.25) is 4.79 Å². The van der Waals surface area contributed by atoms with Crippen LogP contribution in [0.4, 0.5) is 0 Å². The van der Waals surface area contributed by atoms with Crippen molar-refractivity contribution in [1.82, 2.24) is 0 Å². The summed E-state index contributed by atoms with van der Waals surface area (Å²) >= 11 is 0. The van der Waals surface area contributed by atoms with Gasteiger partial charge in [0, 0.05) is 6.42 Å². The molecule has 1 unspecified atom stereocenters. The molecule has 0 bridgehead atoms. The van der Waals surface area contributed by atoms with Crippen LogP contribution in [0.1, 0.15) is 44.6 Å². The van der Waals surface area contributed by atoms with Crippen molar-refractivity contribution in [2.24, 2.45) is 0 Å². The van der Waals surface area contributed by atoms with Crippen molar-refractivity contribution >= 4 is 5.97 Å². The van der Waals surface area contributed by atoms with Gasteiger partial charge in [-0.1, -0.05) is 56.7 Å². The summed E-state index contributed by atoms with van der Waals surface area (Å²) in [7, 11) is 0. The first kappa shape index (κ1) is 21.2. The van der Waals surface area contributed by atoms with E-state index in [2.05, 4.69) is 19.6 Å². The van der Waals surface area contributed by atoms with Gasteiger partial charge in [-0.25, -0.2) is 0 Å². The monoisotopic (exact) mass is 377 g/mol. The minimum atomic E-state index is -0.221. The van der Waals surface area contributed by atoms with E-state index in [-0.39, 0.29) is 18.7 Å². The molecular formula is C24H27NO3. The first-order chi connectivity index (χ1) is 13.7. The Kier molecular flexibility index (Phi) is 8.81. The van der Waals surface area contributed by atoms with Crippen LogP contribution in [0.25, 0.3) is 11.1 Å². The summed E-state index contributed by atoms with van der Waals surface area (Å²) in [5.41, 5.74) is 2.77. The van der Waals surface area contributed by atoms with E-state index in [4.69, 9.17) is 14.7 Å². The van der Waals surface area contributed by atoms with Crippen molar-refractivity contribution in [3.05, 3.63) is 66.7 Å². The molecule has 0 saturated carbocycles. The molecule has 146 valence electrons. The van der Waals surface area contributed by atoms with Gasteiger partial charge in [0.2, 0.25) is 0 Å². The van der Waals surface area contributed by atoms with E-state index in [0.717, 1.165) is 36.1 Å². The van der Waals surface area contributed by atoms with Crippen LogP contribution in [0.15, 0.2) is 61.2 Å². The molecule has 2 rings (SSSR count). The molecule has 0 aliphatic rings. The van der Waals surface area contributed by atoms with Crippen LogP contribution in [-0.2, 0) is 9.53 Å². The second kappa shape index (κ2) is 11.6. The maximum absolute atomic E-state index is 11.7. The molecule has 0 radical (unpaired) electrons. The number of carbonyl (C=O) groups is 1. The Morgan fingerprint density at radius 1 is 1.11 bits per heavy atom. The Morgan fingerprint density at radius 3 is 2.32 bits per heavy atom. The largest absolute Gasteiger partial charge is 0.490 e. The number of hydrogen-bond donors (Lipinski definition) is 0. The summed E-state index contributed by atoms with van der Waals surface area (Å²) in [5, 5.41) is 8.90. The maximum Gasteiger partial charge on any atom is 0.306 e. The molecule has 2 aromatic carbocycles. The molecule has 0 saturated heterocycles. The predicted molar refractivity (Wildman–Crippen MR) is 111 cm³/mol. The molecule has 0 spiro atoms. The first-order valence-electron chi connectivity index (χ1n) is 9.70. The number of rotatable bonds is 11. The molecule has 1 atom stereocenters. The van der Waals surface area contributed by atoms with Crippen LogP contribution in [-0.4, -0.2) is 18.7 Å². The number of hydrogen-bond acceptors (Lipinski definition) is 4. The standard InChI is InChI=1S/C24H27NO3/c1-3-5-6-22(15-16-24(26)27-17-4-2)28-23-13-11-21(12-14-23)20-9-7-19(18-25)8-10-20/h4,7-14,22H,2-3,5-6,15-17H2,1H3. The maximum atomic E-state index is 11.7. The second-order valence-electron chi connectivity index (χ2n) is 6.61. The van der Waals surface area contributed by atoms with Crippen LogP contribution in [0.5, 0.6) is 5.75 Å². The summed E-state index contributed by atoms with van der Waals surface area (Å²) in [4.78, 5) is 11.7. The van der Waals surface area contributed by atoms with Gasteiger partial charge in [-0.05, 0) is 48.2 Å². The van der Waals surface area contributed by atoms with Gasteiger partial charge in [-0.15, -0.1) is 0 Å². The number of esters is 1. The van der Waals surface area contributed by atoms with Crippen LogP contribution < -0.4 is 4.74 Å². The average Bonchev–Trinajstić information content (AvgIpc) is 2.74. The molecule has 0 amide bonds. The van der Waals surface area contributed by atoms with Gasteiger partial charge in [0.05, 0.1) is 17.7 Å². The lowest BCUT2D eigenvalue weighted by molar-refractivity contribution is -0.142. The highest BCUT2D eigenvalue weighted by molar-refractivity contribution is 5.69. The van der Waals surface area contributed by atoms with E-state index in [9.17, 15) is 4.79 Å². The first-order valence-corrected chi connectivity index (χ1v) is 9.70. The van der Waals surface area contributed by atoms with Gasteiger partial charge >= 0.3 is 5.97 Å². The lowest BCUT2D eigenvalue weighted by Crippen LogP contribution is -2.19. The molecule has 0 heterocycles. The highest BCUT2D eigenvalue weighted by Gasteiger charge is 2.14. The minimum Gasteiger partial charge on any atom is -0.490 e. The van der Waals surface area contributed by atoms with Gasteiger partial charge < -0.3 is 9.47 Å². The number of nitrogens with zero attached hydrogens (tertiary/aromatic N) is 1. The molecule has 4 nitrogen and oxygen atoms in total. The van der Waals surface area contributed by atoms with Gasteiger partial charge in [-0.2, -0.15) is 5.26 Å². The molecule has 2 aromatic rings. The molecule has 28 heavy (non-hydrogen) atoms. The van der Waals surface area contributed by atoms with Crippen LogP contribution in [0.3, 0.4) is 0 Å². The zero-order chi connectivity index (χ0) is 20.2. The smallest absolute Gasteiger partial charge is 0.306 e. The normalized spacial score (nSPS) is 11.3. The Balaban J connectivity index is 1.97. The Bertz CT molecular complexity index is 788. The lowest BCUT2D eigenvalue weighted by atomic mass is 10.0. The number of ether oxygens (including phenoxy) is 2. The molecule has 0 N–H and O–H groups in total. The summed E-state index contributed by atoms with van der Waals surface area (Å²) in [6.07, 6.45) is 5.56. The van der Waals surface area contributed by atoms with E-state index in [0.29, 0.717) is 18.4 Å². The van der Waals surface area contributed by atoms with E-state index in [1.165, 1.54) is 0 Å². The fourth-order valence-corrected chi connectivity index (χ4v) is 2.85. The summed E-state index contributed by atoms with van der Waals surface area (Å²) < 4.78 is 11.2. The third-order valence-corrected chi connectivity index (χ3v) is 4.42. The van der Waals surface area contributed by atoms with Gasteiger partial charge in [0.1, 0.15) is 12.4 Å².